The molecule has 0 bridgehead atoms. The van der Waals surface area contributed by atoms with E-state index in [9.17, 15) is 4.79 Å². The number of H-pyrrole nitrogens is 1. The number of aromatic amines is 1. The molecule has 4 N–H and O–H groups in total. The van der Waals surface area contributed by atoms with Gasteiger partial charge in [0.25, 0.3) is 0 Å². The summed E-state index contributed by atoms with van der Waals surface area (Å²) in [5.74, 6) is 2.12. The Balaban J connectivity index is 1.32. The molecular weight excluding hydrogens is 330 g/mol. The van der Waals surface area contributed by atoms with Crippen molar-refractivity contribution >= 4 is 11.7 Å². The van der Waals surface area contributed by atoms with Gasteiger partial charge in [0.15, 0.2) is 0 Å². The van der Waals surface area contributed by atoms with Crippen molar-refractivity contribution < 1.29 is 9.21 Å². The number of carbonyl (C=O) groups excluding carboxylic acids is 1. The van der Waals surface area contributed by atoms with E-state index in [1.165, 1.54) is 0 Å². The Bertz CT molecular complexity index is 909. The lowest BCUT2D eigenvalue weighted by atomic mass is 9.78. The van der Waals surface area contributed by atoms with Gasteiger partial charge in [0.2, 0.25) is 11.8 Å². The largest absolute Gasteiger partial charge is 0.441 e. The Morgan fingerprint density at radius 2 is 2.12 bits per heavy atom. The number of nitrogens with one attached hydrogen (secondary N) is 2. The van der Waals surface area contributed by atoms with Crippen LogP contribution in [0, 0.1) is 6.92 Å². The topological polar surface area (TPSA) is 110 Å². The number of nitrogens with two attached hydrogens (primary N) is 1. The van der Waals surface area contributed by atoms with Crippen LogP contribution in [0.3, 0.4) is 0 Å². The first-order valence-corrected chi connectivity index (χ1v) is 8.70. The van der Waals surface area contributed by atoms with Gasteiger partial charge in [-0.15, -0.1) is 0 Å². The molecule has 0 spiro atoms. The molecule has 2 aromatic heterocycles. The maximum atomic E-state index is 12.3. The van der Waals surface area contributed by atoms with Gasteiger partial charge in [0.05, 0.1) is 17.8 Å². The molecule has 0 aliphatic heterocycles. The first-order valence-electron chi connectivity index (χ1n) is 8.70. The Morgan fingerprint density at radius 3 is 2.81 bits per heavy atom. The molecule has 7 nitrogen and oxygen atoms in total. The fourth-order valence-corrected chi connectivity index (χ4v) is 3.27. The number of benzene rings is 1. The van der Waals surface area contributed by atoms with Gasteiger partial charge in [-0.25, -0.2) is 4.98 Å². The zero-order chi connectivity index (χ0) is 18.1. The molecule has 1 aliphatic carbocycles. The number of aryl methyl sites for hydroxylation is 1. The summed E-state index contributed by atoms with van der Waals surface area (Å²) in [4.78, 5) is 16.8. The Morgan fingerprint density at radius 1 is 1.35 bits per heavy atom. The SMILES string of the molecule is Cc1oc(-c2ccccc2)nc1CC(=O)N[C@H]1C[C@@H](c2cc(N)[nH]n2)C1. The minimum atomic E-state index is -0.0361. The van der Waals surface area contributed by atoms with Crippen LogP contribution in [0.15, 0.2) is 40.8 Å². The Kier molecular flexibility index (Phi) is 4.20. The van der Waals surface area contributed by atoms with Gasteiger partial charge in [0.1, 0.15) is 11.6 Å². The smallest absolute Gasteiger partial charge is 0.226 e. The minimum absolute atomic E-state index is 0.0361. The van der Waals surface area contributed by atoms with E-state index >= 15 is 0 Å². The third-order valence-electron chi connectivity index (χ3n) is 4.78. The molecule has 0 atom stereocenters. The first kappa shape index (κ1) is 16.4. The predicted octanol–water partition coefficient (Wildman–Crippen LogP) is 2.56. The lowest BCUT2D eigenvalue weighted by Crippen LogP contribution is -2.44. The van der Waals surface area contributed by atoms with Gasteiger partial charge in [-0.3, -0.25) is 9.89 Å². The van der Waals surface area contributed by atoms with Crippen molar-refractivity contribution in [3.8, 4) is 11.5 Å². The maximum Gasteiger partial charge on any atom is 0.226 e. The molecule has 1 aromatic carbocycles. The lowest BCUT2D eigenvalue weighted by Gasteiger charge is -2.34. The molecule has 1 amide bonds. The van der Waals surface area contributed by atoms with Crippen LogP contribution in [0.4, 0.5) is 5.82 Å². The molecule has 3 aromatic rings. The monoisotopic (exact) mass is 351 g/mol. The molecule has 7 heteroatoms. The number of amides is 1. The van der Waals surface area contributed by atoms with Crippen molar-refractivity contribution in [3.63, 3.8) is 0 Å². The molecule has 0 radical (unpaired) electrons. The summed E-state index contributed by atoms with van der Waals surface area (Å²) >= 11 is 0. The molecular formula is C19H21N5O2. The van der Waals surface area contributed by atoms with E-state index in [2.05, 4.69) is 20.5 Å². The van der Waals surface area contributed by atoms with Crippen LogP contribution in [0.25, 0.3) is 11.5 Å². The van der Waals surface area contributed by atoms with E-state index in [0.717, 1.165) is 24.1 Å². The number of nitrogen functional groups attached to an aromatic ring is 1. The highest BCUT2D eigenvalue weighted by Crippen LogP contribution is 2.36. The second kappa shape index (κ2) is 6.67. The lowest BCUT2D eigenvalue weighted by molar-refractivity contribution is -0.121. The van der Waals surface area contributed by atoms with Crippen LogP contribution < -0.4 is 11.1 Å². The number of oxazole rings is 1. The van der Waals surface area contributed by atoms with Gasteiger partial charge >= 0.3 is 0 Å². The molecule has 1 aliphatic rings. The van der Waals surface area contributed by atoms with E-state index in [4.69, 9.17) is 10.2 Å². The van der Waals surface area contributed by atoms with Crippen LogP contribution in [0.1, 0.15) is 35.9 Å². The maximum absolute atomic E-state index is 12.3. The summed E-state index contributed by atoms with van der Waals surface area (Å²) in [7, 11) is 0. The zero-order valence-electron chi connectivity index (χ0n) is 14.5. The zero-order valence-corrected chi connectivity index (χ0v) is 14.5. The van der Waals surface area contributed by atoms with E-state index < -0.39 is 0 Å². The van der Waals surface area contributed by atoms with Gasteiger partial charge in [-0.1, -0.05) is 18.2 Å². The van der Waals surface area contributed by atoms with Crippen LogP contribution in [0.2, 0.25) is 0 Å². The molecule has 26 heavy (non-hydrogen) atoms. The van der Waals surface area contributed by atoms with E-state index in [0.29, 0.717) is 29.1 Å². The number of anilines is 1. The number of aromatic nitrogens is 3. The summed E-state index contributed by atoms with van der Waals surface area (Å²) in [5.41, 5.74) is 8.20. The summed E-state index contributed by atoms with van der Waals surface area (Å²) in [5, 5.41) is 9.98. The van der Waals surface area contributed by atoms with Crippen LogP contribution in [-0.4, -0.2) is 27.1 Å². The second-order valence-corrected chi connectivity index (χ2v) is 6.75. The predicted molar refractivity (Wildman–Crippen MR) is 97.3 cm³/mol. The number of hydrogen-bond acceptors (Lipinski definition) is 5. The minimum Gasteiger partial charge on any atom is -0.441 e. The fourth-order valence-electron chi connectivity index (χ4n) is 3.27. The van der Waals surface area contributed by atoms with E-state index in [-0.39, 0.29) is 18.4 Å². The second-order valence-electron chi connectivity index (χ2n) is 6.75. The van der Waals surface area contributed by atoms with Crippen LogP contribution in [0.5, 0.6) is 0 Å². The third kappa shape index (κ3) is 3.33. The van der Waals surface area contributed by atoms with Crippen molar-refractivity contribution in [2.75, 3.05) is 5.73 Å². The van der Waals surface area contributed by atoms with Gasteiger partial charge in [-0.2, -0.15) is 5.10 Å². The summed E-state index contributed by atoms with van der Waals surface area (Å²) in [6.07, 6.45) is 1.98. The van der Waals surface area contributed by atoms with Gasteiger partial charge in [0, 0.05) is 23.6 Å². The summed E-state index contributed by atoms with van der Waals surface area (Å²) in [6.45, 7) is 1.84. The van der Waals surface area contributed by atoms with Crippen molar-refractivity contribution in [1.82, 2.24) is 20.5 Å². The highest BCUT2D eigenvalue weighted by atomic mass is 16.4. The quantitative estimate of drug-likeness (QED) is 0.654. The highest BCUT2D eigenvalue weighted by Gasteiger charge is 2.33. The number of rotatable bonds is 5. The Hall–Kier alpha value is -3.09. The molecule has 1 saturated carbocycles. The summed E-state index contributed by atoms with van der Waals surface area (Å²) in [6, 6.07) is 11.7. The molecule has 2 heterocycles. The molecule has 0 saturated heterocycles. The molecule has 4 rings (SSSR count). The average Bonchev–Trinajstić information content (AvgIpc) is 3.18. The first-order chi connectivity index (χ1) is 12.6. The molecule has 1 fully saturated rings. The van der Waals surface area contributed by atoms with Crippen molar-refractivity contribution in [2.45, 2.75) is 38.1 Å². The normalized spacial score (nSPS) is 19.1. The van der Waals surface area contributed by atoms with E-state index in [1.807, 2.05) is 43.3 Å². The summed E-state index contributed by atoms with van der Waals surface area (Å²) < 4.78 is 5.71. The van der Waals surface area contributed by atoms with Gasteiger partial charge < -0.3 is 15.5 Å². The third-order valence-corrected chi connectivity index (χ3v) is 4.78. The van der Waals surface area contributed by atoms with Crippen molar-refractivity contribution in [2.24, 2.45) is 0 Å². The fraction of sp³-hybridized carbons (Fsp3) is 0.316. The Labute approximate surface area is 151 Å². The number of carbonyl (C=O) groups is 1. The van der Waals surface area contributed by atoms with E-state index in [1.54, 1.807) is 0 Å². The molecule has 134 valence electrons. The van der Waals surface area contributed by atoms with Gasteiger partial charge in [-0.05, 0) is 31.9 Å². The van der Waals surface area contributed by atoms with Crippen molar-refractivity contribution in [1.29, 1.82) is 0 Å². The standard InChI is InChI=1S/C19H21N5O2/c1-11-15(22-19(26-11)12-5-3-2-4-6-12)10-18(25)21-14-7-13(8-14)16-9-17(20)24-23-16/h2-6,9,13-14H,7-8,10H2,1H3,(H,21,25)(H3,20,23,24)/t13-,14+. The number of nitrogens with zero attached hydrogens (tertiary/aromatic N) is 2. The highest BCUT2D eigenvalue weighted by molar-refractivity contribution is 5.79. The molecule has 0 unspecified atom stereocenters. The van der Waals surface area contributed by atoms with Crippen LogP contribution >= 0.6 is 0 Å². The number of hydrogen-bond donors (Lipinski definition) is 3. The average molecular weight is 351 g/mol. The van der Waals surface area contributed by atoms with Crippen LogP contribution in [-0.2, 0) is 11.2 Å². The van der Waals surface area contributed by atoms with Crippen molar-refractivity contribution in [3.05, 3.63) is 53.5 Å².